The Balaban J connectivity index is 2.06. The Morgan fingerprint density at radius 2 is 1.83 bits per heavy atom. The van der Waals surface area contributed by atoms with E-state index in [1.165, 1.54) is 14.2 Å². The van der Waals surface area contributed by atoms with E-state index < -0.39 is 12.0 Å². The van der Waals surface area contributed by atoms with Crippen molar-refractivity contribution in [2.45, 2.75) is 19.4 Å². The molecule has 6 nitrogen and oxygen atoms in total. The van der Waals surface area contributed by atoms with Gasteiger partial charge in [-0.3, -0.25) is 9.59 Å². The summed E-state index contributed by atoms with van der Waals surface area (Å²) in [5.74, 6) is 0.157. The number of carbonyl (C=O) groups excluding carboxylic acids is 2. The topological polar surface area (TPSA) is 73.9 Å². The lowest BCUT2D eigenvalue weighted by molar-refractivity contribution is -0.141. The van der Waals surface area contributed by atoms with Crippen LogP contribution in [0.15, 0.2) is 48.5 Å². The van der Waals surface area contributed by atoms with Crippen LogP contribution in [0.25, 0.3) is 6.08 Å². The highest BCUT2D eigenvalue weighted by molar-refractivity contribution is 6.30. The summed E-state index contributed by atoms with van der Waals surface area (Å²) in [7, 11) is 2.84. The molecule has 0 heterocycles. The molecule has 2 aromatic rings. The van der Waals surface area contributed by atoms with E-state index in [2.05, 4.69) is 5.32 Å². The van der Waals surface area contributed by atoms with Crippen molar-refractivity contribution in [2.24, 2.45) is 0 Å². The normalized spacial score (nSPS) is 11.7. The lowest BCUT2D eigenvalue weighted by Gasteiger charge is -2.19. The maximum absolute atomic E-state index is 12.4. The zero-order valence-electron chi connectivity index (χ0n) is 16.6. The van der Waals surface area contributed by atoms with E-state index in [9.17, 15) is 9.59 Å². The predicted molar refractivity (Wildman–Crippen MR) is 112 cm³/mol. The van der Waals surface area contributed by atoms with Crippen LogP contribution in [0.3, 0.4) is 0 Å². The van der Waals surface area contributed by atoms with Gasteiger partial charge in [0.1, 0.15) is 0 Å². The molecule has 1 N–H and O–H groups in total. The number of methoxy groups -OCH3 is 2. The zero-order chi connectivity index (χ0) is 21.2. The summed E-state index contributed by atoms with van der Waals surface area (Å²) >= 11 is 5.92. The number of amides is 1. The van der Waals surface area contributed by atoms with Crippen molar-refractivity contribution in [3.63, 3.8) is 0 Å². The molecular weight excluding hydrogens is 394 g/mol. The molecule has 2 aromatic carbocycles. The molecule has 1 amide bonds. The Morgan fingerprint density at radius 1 is 1.10 bits per heavy atom. The van der Waals surface area contributed by atoms with Crippen LogP contribution < -0.4 is 14.8 Å². The minimum Gasteiger partial charge on any atom is -0.493 e. The summed E-state index contributed by atoms with van der Waals surface area (Å²) in [5, 5.41) is 3.36. The number of hydrogen-bond acceptors (Lipinski definition) is 5. The van der Waals surface area contributed by atoms with Gasteiger partial charge in [-0.15, -0.1) is 0 Å². The lowest BCUT2D eigenvalue weighted by atomic mass is 10.0. The smallest absolute Gasteiger partial charge is 0.307 e. The van der Waals surface area contributed by atoms with Gasteiger partial charge in [0.25, 0.3) is 5.91 Å². The Bertz CT molecular complexity index is 864. The van der Waals surface area contributed by atoms with Gasteiger partial charge in [-0.25, -0.2) is 0 Å². The van der Waals surface area contributed by atoms with Crippen molar-refractivity contribution in [1.82, 2.24) is 5.32 Å². The minimum atomic E-state index is -0.560. The molecule has 0 aromatic heterocycles. The van der Waals surface area contributed by atoms with Gasteiger partial charge >= 0.3 is 5.97 Å². The fourth-order valence-corrected chi connectivity index (χ4v) is 2.80. The molecule has 0 bridgehead atoms. The third kappa shape index (κ3) is 6.84. The first-order valence-corrected chi connectivity index (χ1v) is 9.39. The molecule has 0 aliphatic carbocycles. The van der Waals surface area contributed by atoms with Gasteiger partial charge < -0.3 is 19.5 Å². The maximum atomic E-state index is 12.4. The van der Waals surface area contributed by atoms with Crippen molar-refractivity contribution in [3.05, 3.63) is 64.7 Å². The molecule has 0 saturated carbocycles. The summed E-state index contributed by atoms with van der Waals surface area (Å²) in [6.07, 6.45) is 3.84. The van der Waals surface area contributed by atoms with Crippen molar-refractivity contribution in [1.29, 1.82) is 0 Å². The molecule has 7 heteroatoms. The summed E-state index contributed by atoms with van der Waals surface area (Å²) in [4.78, 5) is 24.2. The second-order valence-electron chi connectivity index (χ2n) is 6.15. The van der Waals surface area contributed by atoms with E-state index in [4.69, 9.17) is 25.8 Å². The number of benzene rings is 2. The summed E-state index contributed by atoms with van der Waals surface area (Å²) < 4.78 is 15.7. The van der Waals surface area contributed by atoms with Gasteiger partial charge in [-0.2, -0.15) is 0 Å². The lowest BCUT2D eigenvalue weighted by Crippen LogP contribution is -2.34. The van der Waals surface area contributed by atoms with Crippen LogP contribution in [0.5, 0.6) is 11.5 Å². The molecule has 0 spiro atoms. The van der Waals surface area contributed by atoms with Crippen molar-refractivity contribution < 1.29 is 23.8 Å². The van der Waals surface area contributed by atoms with E-state index in [0.29, 0.717) is 16.5 Å². The van der Waals surface area contributed by atoms with Gasteiger partial charge in [-0.1, -0.05) is 42.0 Å². The van der Waals surface area contributed by atoms with Crippen molar-refractivity contribution in [3.8, 4) is 11.5 Å². The van der Waals surface area contributed by atoms with Gasteiger partial charge in [0.15, 0.2) is 18.1 Å². The summed E-state index contributed by atoms with van der Waals surface area (Å²) in [5.41, 5.74) is 1.70. The SMILES string of the molecule is C/C=C/c1ccc(OCC(=O)NC(CC(=O)OC)c2ccc(Cl)cc2)c(OC)c1. The van der Waals surface area contributed by atoms with Crippen LogP contribution >= 0.6 is 11.6 Å². The monoisotopic (exact) mass is 417 g/mol. The van der Waals surface area contributed by atoms with E-state index >= 15 is 0 Å². The third-order valence-electron chi connectivity index (χ3n) is 4.11. The van der Waals surface area contributed by atoms with Crippen LogP contribution in [0.1, 0.15) is 30.5 Å². The van der Waals surface area contributed by atoms with E-state index in [-0.39, 0.29) is 18.9 Å². The molecule has 1 atom stereocenters. The van der Waals surface area contributed by atoms with Crippen LogP contribution in [0.2, 0.25) is 5.02 Å². The number of rotatable bonds is 9. The first-order valence-electron chi connectivity index (χ1n) is 9.02. The van der Waals surface area contributed by atoms with E-state index in [0.717, 1.165) is 11.1 Å². The number of nitrogens with one attached hydrogen (secondary N) is 1. The average molecular weight is 418 g/mol. The molecule has 2 rings (SSSR count). The van der Waals surface area contributed by atoms with Gasteiger partial charge in [-0.05, 0) is 42.3 Å². The van der Waals surface area contributed by atoms with Gasteiger partial charge in [0, 0.05) is 5.02 Å². The average Bonchev–Trinajstić information content (AvgIpc) is 2.72. The Kier molecular flexibility index (Phi) is 8.55. The fourth-order valence-electron chi connectivity index (χ4n) is 2.68. The third-order valence-corrected chi connectivity index (χ3v) is 4.36. The second-order valence-corrected chi connectivity index (χ2v) is 6.59. The molecule has 154 valence electrons. The minimum absolute atomic E-state index is 0.00869. The number of ether oxygens (including phenoxy) is 3. The highest BCUT2D eigenvalue weighted by Crippen LogP contribution is 2.28. The second kappa shape index (κ2) is 11.1. The molecule has 0 aliphatic rings. The van der Waals surface area contributed by atoms with E-state index in [1.54, 1.807) is 30.3 Å². The molecule has 0 radical (unpaired) electrons. The Labute approximate surface area is 175 Å². The fraction of sp³-hybridized carbons (Fsp3) is 0.273. The number of carbonyl (C=O) groups is 2. The van der Waals surface area contributed by atoms with Crippen LogP contribution in [0.4, 0.5) is 0 Å². The Morgan fingerprint density at radius 3 is 2.45 bits per heavy atom. The number of allylic oxidation sites excluding steroid dienone is 1. The van der Waals surface area contributed by atoms with Crippen molar-refractivity contribution in [2.75, 3.05) is 20.8 Å². The quantitative estimate of drug-likeness (QED) is 0.619. The van der Waals surface area contributed by atoms with Crippen LogP contribution in [-0.4, -0.2) is 32.7 Å². The number of esters is 1. The predicted octanol–water partition coefficient (Wildman–Crippen LogP) is 4.18. The van der Waals surface area contributed by atoms with Crippen molar-refractivity contribution >= 4 is 29.6 Å². The largest absolute Gasteiger partial charge is 0.493 e. The van der Waals surface area contributed by atoms with E-state index in [1.807, 2.05) is 31.2 Å². The standard InChI is InChI=1S/C22H24ClNO5/c1-4-5-15-6-11-19(20(12-15)27-2)29-14-21(25)24-18(13-22(26)28-3)16-7-9-17(23)10-8-16/h4-12,18H,13-14H2,1-3H3,(H,24,25)/b5-4+. The zero-order valence-corrected chi connectivity index (χ0v) is 17.4. The highest BCUT2D eigenvalue weighted by atomic mass is 35.5. The first kappa shape index (κ1) is 22.3. The number of hydrogen-bond donors (Lipinski definition) is 1. The summed E-state index contributed by atoms with van der Waals surface area (Å²) in [6, 6.07) is 11.8. The molecule has 1 unspecified atom stereocenters. The number of halogens is 1. The summed E-state index contributed by atoms with van der Waals surface area (Å²) in [6.45, 7) is 1.69. The molecule has 0 aliphatic heterocycles. The maximum Gasteiger partial charge on any atom is 0.307 e. The first-order chi connectivity index (χ1) is 14.0. The molecule has 0 saturated heterocycles. The van der Waals surface area contributed by atoms with Crippen LogP contribution in [-0.2, 0) is 14.3 Å². The molecular formula is C22H24ClNO5. The van der Waals surface area contributed by atoms with Crippen LogP contribution in [0, 0.1) is 0 Å². The highest BCUT2D eigenvalue weighted by Gasteiger charge is 2.19. The molecule has 29 heavy (non-hydrogen) atoms. The van der Waals surface area contributed by atoms with Gasteiger partial charge in [0.2, 0.25) is 0 Å². The van der Waals surface area contributed by atoms with Gasteiger partial charge in [0.05, 0.1) is 26.7 Å². The molecule has 0 fully saturated rings. The Hall–Kier alpha value is -2.99.